The number of ether oxygens (including phenoxy) is 1. The molecule has 2 N–H and O–H groups in total. The zero-order valence-corrected chi connectivity index (χ0v) is 15.1. The van der Waals surface area contributed by atoms with E-state index in [2.05, 4.69) is 10.6 Å². The van der Waals surface area contributed by atoms with Gasteiger partial charge in [0.25, 0.3) is 5.91 Å². The van der Waals surface area contributed by atoms with Gasteiger partial charge < -0.3 is 10.1 Å². The van der Waals surface area contributed by atoms with Gasteiger partial charge >= 0.3 is 6.18 Å². The molecule has 0 radical (unpaired) electrons. The van der Waals surface area contributed by atoms with E-state index in [0.717, 1.165) is 18.2 Å². The third-order valence-electron chi connectivity index (χ3n) is 3.20. The maximum Gasteiger partial charge on any atom is 0.416 e. The molecule has 0 aliphatic carbocycles. The molecule has 0 bridgehead atoms. The van der Waals surface area contributed by atoms with E-state index >= 15 is 0 Å². The molecule has 0 fully saturated rings. The van der Waals surface area contributed by atoms with Crippen LogP contribution in [-0.4, -0.2) is 17.6 Å². The second kappa shape index (κ2) is 8.37. The third-order valence-corrected chi connectivity index (χ3v) is 3.73. The lowest BCUT2D eigenvalue weighted by molar-refractivity contribution is -0.137. The Balaban J connectivity index is 2.13. The molecule has 0 unspecified atom stereocenters. The van der Waals surface area contributed by atoms with Gasteiger partial charge in [0.2, 0.25) is 0 Å². The summed E-state index contributed by atoms with van der Waals surface area (Å²) in [6, 6.07) is 9.29. The highest BCUT2D eigenvalue weighted by atomic mass is 35.5. The van der Waals surface area contributed by atoms with E-state index in [1.165, 1.54) is 0 Å². The van der Waals surface area contributed by atoms with E-state index in [9.17, 15) is 18.0 Å². The summed E-state index contributed by atoms with van der Waals surface area (Å²) in [5, 5.41) is 4.73. The van der Waals surface area contributed by atoms with E-state index in [0.29, 0.717) is 12.4 Å². The van der Waals surface area contributed by atoms with Crippen LogP contribution >= 0.6 is 23.8 Å². The van der Waals surface area contributed by atoms with Gasteiger partial charge in [0.05, 0.1) is 28.4 Å². The average Bonchev–Trinajstić information content (AvgIpc) is 2.56. The van der Waals surface area contributed by atoms with Crippen LogP contribution in [0.15, 0.2) is 42.5 Å². The minimum Gasteiger partial charge on any atom is -0.493 e. The molecule has 0 atom stereocenters. The van der Waals surface area contributed by atoms with Crippen LogP contribution in [0.5, 0.6) is 5.75 Å². The van der Waals surface area contributed by atoms with Crippen molar-refractivity contribution in [2.45, 2.75) is 13.1 Å². The SMILES string of the molecule is CCOc1ccccc1C(=O)NC(=S)Nc1cc(C(F)(F)F)ccc1Cl. The molecule has 2 rings (SSSR count). The number of hydrogen-bond acceptors (Lipinski definition) is 3. The van der Waals surface area contributed by atoms with E-state index < -0.39 is 17.6 Å². The van der Waals surface area contributed by atoms with Crippen LogP contribution in [0.25, 0.3) is 0 Å². The van der Waals surface area contributed by atoms with Crippen molar-refractivity contribution in [3.05, 3.63) is 58.6 Å². The van der Waals surface area contributed by atoms with Crippen LogP contribution in [0, 0.1) is 0 Å². The van der Waals surface area contributed by atoms with Crippen LogP contribution in [0.1, 0.15) is 22.8 Å². The molecule has 0 heterocycles. The number of thiocarbonyl (C=S) groups is 1. The lowest BCUT2D eigenvalue weighted by Gasteiger charge is -2.14. The van der Waals surface area contributed by atoms with Crippen molar-refractivity contribution in [1.82, 2.24) is 5.32 Å². The zero-order valence-electron chi connectivity index (χ0n) is 13.5. The Morgan fingerprint density at radius 2 is 1.92 bits per heavy atom. The van der Waals surface area contributed by atoms with Crippen LogP contribution in [0.4, 0.5) is 18.9 Å². The van der Waals surface area contributed by atoms with Gasteiger partial charge in [-0.3, -0.25) is 10.1 Å². The number of hydrogen-bond donors (Lipinski definition) is 2. The summed E-state index contributed by atoms with van der Waals surface area (Å²) >= 11 is 10.9. The molecule has 26 heavy (non-hydrogen) atoms. The molecular weight excluding hydrogens is 389 g/mol. The molecule has 0 saturated carbocycles. The molecule has 2 aromatic rings. The molecule has 1 amide bonds. The van der Waals surface area contributed by atoms with Crippen molar-refractivity contribution in [2.24, 2.45) is 0 Å². The standard InChI is InChI=1S/C17H14ClF3N2O2S/c1-2-25-14-6-4-3-5-11(14)15(24)23-16(26)22-13-9-10(17(19,20)21)7-8-12(13)18/h3-9H,2H2,1H3,(H2,22,23,24,26). The van der Waals surface area contributed by atoms with Gasteiger partial charge in [0.1, 0.15) is 5.75 Å². The van der Waals surface area contributed by atoms with Gasteiger partial charge in [0.15, 0.2) is 5.11 Å². The summed E-state index contributed by atoms with van der Waals surface area (Å²) in [7, 11) is 0. The number of para-hydroxylation sites is 1. The van der Waals surface area contributed by atoms with Crippen LogP contribution in [-0.2, 0) is 6.18 Å². The number of carbonyl (C=O) groups excluding carboxylic acids is 1. The molecule has 0 spiro atoms. The first-order chi connectivity index (χ1) is 12.2. The molecule has 9 heteroatoms. The van der Waals surface area contributed by atoms with Gasteiger partial charge in [-0.15, -0.1) is 0 Å². The van der Waals surface area contributed by atoms with Gasteiger partial charge in [-0.2, -0.15) is 13.2 Å². The second-order valence-electron chi connectivity index (χ2n) is 5.03. The van der Waals surface area contributed by atoms with E-state index in [1.54, 1.807) is 31.2 Å². The summed E-state index contributed by atoms with van der Waals surface area (Å²) in [6.07, 6.45) is -4.53. The largest absolute Gasteiger partial charge is 0.493 e. The molecule has 4 nitrogen and oxygen atoms in total. The third kappa shape index (κ3) is 5.09. The van der Waals surface area contributed by atoms with Gasteiger partial charge in [-0.05, 0) is 49.5 Å². The smallest absolute Gasteiger partial charge is 0.416 e. The van der Waals surface area contributed by atoms with Crippen LogP contribution in [0.2, 0.25) is 5.02 Å². The molecule has 0 aromatic heterocycles. The predicted molar refractivity (Wildman–Crippen MR) is 97.8 cm³/mol. The summed E-state index contributed by atoms with van der Waals surface area (Å²) < 4.78 is 43.8. The van der Waals surface area contributed by atoms with Crippen molar-refractivity contribution < 1.29 is 22.7 Å². The van der Waals surface area contributed by atoms with Crippen LogP contribution in [0.3, 0.4) is 0 Å². The molecule has 0 aliphatic rings. The number of nitrogens with one attached hydrogen (secondary N) is 2. The van der Waals surface area contributed by atoms with Crippen molar-refractivity contribution in [2.75, 3.05) is 11.9 Å². The lowest BCUT2D eigenvalue weighted by atomic mass is 10.2. The average molecular weight is 403 g/mol. The fourth-order valence-electron chi connectivity index (χ4n) is 2.06. The first-order valence-corrected chi connectivity index (χ1v) is 8.22. The Morgan fingerprint density at radius 3 is 2.58 bits per heavy atom. The Morgan fingerprint density at radius 1 is 1.23 bits per heavy atom. The van der Waals surface area contributed by atoms with E-state index in [1.807, 2.05) is 0 Å². The molecule has 2 aromatic carbocycles. The van der Waals surface area contributed by atoms with Crippen molar-refractivity contribution in [3.63, 3.8) is 0 Å². The summed E-state index contributed by atoms with van der Waals surface area (Å²) in [6.45, 7) is 2.14. The van der Waals surface area contributed by atoms with Crippen molar-refractivity contribution in [3.8, 4) is 5.75 Å². The highest BCUT2D eigenvalue weighted by molar-refractivity contribution is 7.80. The van der Waals surface area contributed by atoms with Crippen molar-refractivity contribution in [1.29, 1.82) is 0 Å². The minimum absolute atomic E-state index is 0.0318. The topological polar surface area (TPSA) is 50.4 Å². The number of halogens is 4. The number of carbonyl (C=O) groups is 1. The number of alkyl halides is 3. The molecule has 138 valence electrons. The first kappa shape index (κ1) is 20.0. The lowest BCUT2D eigenvalue weighted by Crippen LogP contribution is -2.34. The Hall–Kier alpha value is -2.32. The number of benzene rings is 2. The molecule has 0 aliphatic heterocycles. The van der Waals surface area contributed by atoms with Gasteiger partial charge in [0, 0.05) is 0 Å². The maximum atomic E-state index is 12.8. The number of amides is 1. The minimum atomic E-state index is -4.53. The Kier molecular flexibility index (Phi) is 6.44. The summed E-state index contributed by atoms with van der Waals surface area (Å²) in [5.74, 6) is -0.193. The number of rotatable bonds is 4. The number of anilines is 1. The van der Waals surface area contributed by atoms with E-state index in [4.69, 9.17) is 28.6 Å². The quantitative estimate of drug-likeness (QED) is 0.715. The normalized spacial score (nSPS) is 11.0. The van der Waals surface area contributed by atoms with Gasteiger partial charge in [-0.25, -0.2) is 0 Å². The van der Waals surface area contributed by atoms with Crippen molar-refractivity contribution >= 4 is 40.5 Å². The zero-order chi connectivity index (χ0) is 19.3. The summed E-state index contributed by atoms with van der Waals surface area (Å²) in [4.78, 5) is 12.3. The van der Waals surface area contributed by atoms with Gasteiger partial charge in [-0.1, -0.05) is 23.7 Å². The maximum absolute atomic E-state index is 12.8. The fourth-order valence-corrected chi connectivity index (χ4v) is 2.42. The van der Waals surface area contributed by atoms with Crippen LogP contribution < -0.4 is 15.4 Å². The molecule has 0 saturated heterocycles. The molecular formula is C17H14ClF3N2O2S. The fraction of sp³-hybridized carbons (Fsp3) is 0.176. The highest BCUT2D eigenvalue weighted by Gasteiger charge is 2.31. The highest BCUT2D eigenvalue weighted by Crippen LogP contribution is 2.33. The Bertz CT molecular complexity index is 828. The predicted octanol–water partition coefficient (Wildman–Crippen LogP) is 4.88. The summed E-state index contributed by atoms with van der Waals surface area (Å²) in [5.41, 5.74) is -0.709. The second-order valence-corrected chi connectivity index (χ2v) is 5.85. The monoisotopic (exact) mass is 402 g/mol. The van der Waals surface area contributed by atoms with E-state index in [-0.39, 0.29) is 21.4 Å². The first-order valence-electron chi connectivity index (χ1n) is 7.43. The Labute approximate surface area is 158 Å².